The topological polar surface area (TPSA) is 45.2 Å². The Balaban J connectivity index is 1.90. The van der Waals surface area contributed by atoms with Crippen molar-refractivity contribution in [3.8, 4) is 0 Å². The number of piperidine rings is 1. The molecule has 0 spiro atoms. The number of anilines is 1. The van der Waals surface area contributed by atoms with Crippen molar-refractivity contribution >= 4 is 27.5 Å². The van der Waals surface area contributed by atoms with Gasteiger partial charge in [0.2, 0.25) is 5.91 Å². The minimum absolute atomic E-state index is 0.172. The van der Waals surface area contributed by atoms with Gasteiger partial charge in [0.1, 0.15) is 4.60 Å². The number of nitrogens with one attached hydrogen (secondary N) is 1. The van der Waals surface area contributed by atoms with Crippen molar-refractivity contribution in [1.29, 1.82) is 0 Å². The van der Waals surface area contributed by atoms with E-state index in [-0.39, 0.29) is 5.91 Å². The normalized spacial score (nSPS) is 16.9. The fraction of sp³-hybridized carbons (Fsp3) is 0.500. The third-order valence-electron chi connectivity index (χ3n) is 3.06. The first kappa shape index (κ1) is 12.4. The van der Waals surface area contributed by atoms with Gasteiger partial charge in [-0.15, -0.1) is 0 Å². The van der Waals surface area contributed by atoms with Crippen LogP contribution in [0.2, 0.25) is 0 Å². The Morgan fingerprint density at radius 1 is 1.53 bits per heavy atom. The average molecular weight is 298 g/mol. The van der Waals surface area contributed by atoms with Crippen LogP contribution in [0.25, 0.3) is 0 Å². The number of amides is 1. The van der Waals surface area contributed by atoms with Gasteiger partial charge in [-0.05, 0) is 40.9 Å². The summed E-state index contributed by atoms with van der Waals surface area (Å²) in [5.41, 5.74) is 1.02. The van der Waals surface area contributed by atoms with Gasteiger partial charge in [0.15, 0.2) is 0 Å². The van der Waals surface area contributed by atoms with E-state index >= 15 is 0 Å². The first-order valence-electron chi connectivity index (χ1n) is 5.79. The number of carbonyl (C=O) groups excluding carboxylic acids is 1. The minimum atomic E-state index is 0.172. The number of likely N-dealkylation sites (tertiary alicyclic amines) is 1. The van der Waals surface area contributed by atoms with Crippen LogP contribution in [-0.2, 0) is 4.79 Å². The molecule has 1 fully saturated rings. The van der Waals surface area contributed by atoms with Gasteiger partial charge in [0.05, 0.1) is 5.69 Å². The second-order valence-corrected chi connectivity index (χ2v) is 5.02. The number of carbonyl (C=O) groups is 1. The van der Waals surface area contributed by atoms with Crippen molar-refractivity contribution in [3.63, 3.8) is 0 Å². The summed E-state index contributed by atoms with van der Waals surface area (Å²) in [6.45, 7) is 3.31. The first-order valence-corrected chi connectivity index (χ1v) is 6.58. The molecule has 5 heteroatoms. The Bertz CT molecular complexity index is 402. The average Bonchev–Trinajstić information content (AvgIpc) is 2.33. The second-order valence-electron chi connectivity index (χ2n) is 4.27. The van der Waals surface area contributed by atoms with Crippen LogP contribution in [0.3, 0.4) is 0 Å². The Morgan fingerprint density at radius 3 is 2.82 bits per heavy atom. The van der Waals surface area contributed by atoms with Crippen molar-refractivity contribution in [3.05, 3.63) is 22.9 Å². The van der Waals surface area contributed by atoms with Crippen LogP contribution in [0, 0.1) is 0 Å². The zero-order valence-electron chi connectivity index (χ0n) is 9.82. The van der Waals surface area contributed by atoms with Gasteiger partial charge in [0, 0.05) is 32.3 Å². The predicted molar refractivity (Wildman–Crippen MR) is 70.8 cm³/mol. The monoisotopic (exact) mass is 297 g/mol. The van der Waals surface area contributed by atoms with Crippen LogP contribution in [0.4, 0.5) is 5.69 Å². The molecular formula is C12H16BrN3O. The van der Waals surface area contributed by atoms with Crippen molar-refractivity contribution in [1.82, 2.24) is 9.88 Å². The number of aromatic nitrogens is 1. The van der Waals surface area contributed by atoms with Gasteiger partial charge >= 0.3 is 0 Å². The highest BCUT2D eigenvalue weighted by Crippen LogP contribution is 2.22. The van der Waals surface area contributed by atoms with Crippen molar-refractivity contribution in [2.45, 2.75) is 25.8 Å². The van der Waals surface area contributed by atoms with Crippen molar-refractivity contribution < 1.29 is 4.79 Å². The molecule has 1 aromatic rings. The van der Waals surface area contributed by atoms with E-state index in [2.05, 4.69) is 26.2 Å². The van der Waals surface area contributed by atoms with Gasteiger partial charge in [-0.2, -0.15) is 0 Å². The van der Waals surface area contributed by atoms with E-state index in [1.807, 2.05) is 17.0 Å². The third kappa shape index (κ3) is 3.19. The Hall–Kier alpha value is -1.10. The summed E-state index contributed by atoms with van der Waals surface area (Å²) in [5, 5.41) is 3.46. The Kier molecular flexibility index (Phi) is 3.99. The highest BCUT2D eigenvalue weighted by molar-refractivity contribution is 9.10. The fourth-order valence-electron chi connectivity index (χ4n) is 2.05. The van der Waals surface area contributed by atoms with Gasteiger partial charge in [-0.3, -0.25) is 4.79 Å². The zero-order chi connectivity index (χ0) is 12.3. The molecule has 2 heterocycles. The molecule has 0 radical (unpaired) electrons. The molecule has 0 unspecified atom stereocenters. The number of halogens is 1. The molecule has 0 aliphatic carbocycles. The molecule has 1 aromatic heterocycles. The lowest BCUT2D eigenvalue weighted by Gasteiger charge is -2.32. The zero-order valence-corrected chi connectivity index (χ0v) is 11.4. The minimum Gasteiger partial charge on any atom is -0.380 e. The summed E-state index contributed by atoms with van der Waals surface area (Å²) in [6.07, 6.45) is 3.73. The number of nitrogens with zero attached hydrogens (tertiary/aromatic N) is 2. The molecule has 1 amide bonds. The van der Waals surface area contributed by atoms with E-state index in [4.69, 9.17) is 0 Å². The lowest BCUT2D eigenvalue weighted by Crippen LogP contribution is -2.41. The molecule has 0 saturated carbocycles. The summed E-state index contributed by atoms with van der Waals surface area (Å²) in [5.74, 6) is 0.172. The number of hydrogen-bond acceptors (Lipinski definition) is 3. The lowest BCUT2D eigenvalue weighted by molar-refractivity contribution is -0.129. The van der Waals surface area contributed by atoms with Crippen LogP contribution in [-0.4, -0.2) is 34.9 Å². The summed E-state index contributed by atoms with van der Waals surface area (Å²) < 4.78 is 0.842. The largest absolute Gasteiger partial charge is 0.380 e. The number of hydrogen-bond donors (Lipinski definition) is 1. The molecule has 1 aliphatic rings. The smallest absolute Gasteiger partial charge is 0.219 e. The summed E-state index contributed by atoms with van der Waals surface area (Å²) >= 11 is 3.42. The van der Waals surface area contributed by atoms with Gasteiger partial charge in [-0.25, -0.2) is 4.98 Å². The SMILES string of the molecule is CC(=O)N1CCC(Nc2cccnc2Br)CC1. The first-order chi connectivity index (χ1) is 8.16. The van der Waals surface area contributed by atoms with Crippen LogP contribution in [0.1, 0.15) is 19.8 Å². The predicted octanol–water partition coefficient (Wildman–Crippen LogP) is 2.27. The summed E-state index contributed by atoms with van der Waals surface area (Å²) in [4.78, 5) is 17.3. The molecule has 1 aliphatic heterocycles. The van der Waals surface area contributed by atoms with E-state index in [0.717, 1.165) is 36.2 Å². The number of pyridine rings is 1. The second kappa shape index (κ2) is 5.49. The quantitative estimate of drug-likeness (QED) is 0.852. The maximum Gasteiger partial charge on any atom is 0.219 e. The van der Waals surface area contributed by atoms with Crippen molar-refractivity contribution in [2.24, 2.45) is 0 Å². The van der Waals surface area contributed by atoms with E-state index < -0.39 is 0 Å². The van der Waals surface area contributed by atoms with Crippen LogP contribution in [0.15, 0.2) is 22.9 Å². The maximum absolute atomic E-state index is 11.2. The van der Waals surface area contributed by atoms with E-state index in [0.29, 0.717) is 6.04 Å². The molecule has 0 aromatic carbocycles. The van der Waals surface area contributed by atoms with Gasteiger partial charge in [-0.1, -0.05) is 0 Å². The molecule has 92 valence electrons. The summed E-state index contributed by atoms with van der Waals surface area (Å²) in [7, 11) is 0. The molecule has 2 rings (SSSR count). The summed E-state index contributed by atoms with van der Waals surface area (Å²) in [6, 6.07) is 4.35. The maximum atomic E-state index is 11.2. The van der Waals surface area contributed by atoms with E-state index in [9.17, 15) is 4.79 Å². The standard InChI is InChI=1S/C12H16BrN3O/c1-9(17)16-7-4-10(5-8-16)15-11-3-2-6-14-12(11)13/h2-3,6,10,15H,4-5,7-8H2,1H3. The molecule has 0 bridgehead atoms. The molecule has 0 atom stereocenters. The molecule has 4 nitrogen and oxygen atoms in total. The molecule has 1 saturated heterocycles. The Labute approximate surface area is 110 Å². The van der Waals surface area contributed by atoms with Crippen LogP contribution >= 0.6 is 15.9 Å². The molecule has 17 heavy (non-hydrogen) atoms. The lowest BCUT2D eigenvalue weighted by atomic mass is 10.0. The van der Waals surface area contributed by atoms with E-state index in [1.54, 1.807) is 13.1 Å². The van der Waals surface area contributed by atoms with Crippen LogP contribution in [0.5, 0.6) is 0 Å². The highest BCUT2D eigenvalue weighted by atomic mass is 79.9. The van der Waals surface area contributed by atoms with E-state index in [1.165, 1.54) is 0 Å². The van der Waals surface area contributed by atoms with Gasteiger partial charge < -0.3 is 10.2 Å². The van der Waals surface area contributed by atoms with Crippen molar-refractivity contribution in [2.75, 3.05) is 18.4 Å². The molecular weight excluding hydrogens is 282 g/mol. The number of rotatable bonds is 2. The third-order valence-corrected chi connectivity index (χ3v) is 3.69. The van der Waals surface area contributed by atoms with Crippen LogP contribution < -0.4 is 5.32 Å². The highest BCUT2D eigenvalue weighted by Gasteiger charge is 2.20. The fourth-order valence-corrected chi connectivity index (χ4v) is 2.42. The van der Waals surface area contributed by atoms with Gasteiger partial charge in [0.25, 0.3) is 0 Å². The molecule has 1 N–H and O–H groups in total. The Morgan fingerprint density at radius 2 is 2.24 bits per heavy atom.